The molecule has 0 aromatic carbocycles. The molecule has 0 aromatic heterocycles. The third kappa shape index (κ3) is 5.52. The SMILES string of the molecule is CCCCCCC1(CCCCCC)C=CN=C1. The van der Waals surface area contributed by atoms with Crippen molar-refractivity contribution in [3.8, 4) is 0 Å². The van der Waals surface area contributed by atoms with Gasteiger partial charge in [-0.1, -0.05) is 71.3 Å². The first-order valence-electron chi connectivity index (χ1n) is 7.55. The Morgan fingerprint density at radius 2 is 1.41 bits per heavy atom. The molecule has 0 amide bonds. The maximum absolute atomic E-state index is 4.33. The van der Waals surface area contributed by atoms with E-state index in [0.29, 0.717) is 5.41 Å². The van der Waals surface area contributed by atoms with Gasteiger partial charge in [0.05, 0.1) is 0 Å². The molecular weight excluding hydrogens is 206 g/mol. The second kappa shape index (κ2) is 8.49. The summed E-state index contributed by atoms with van der Waals surface area (Å²) < 4.78 is 0. The third-order valence-corrected chi connectivity index (χ3v) is 3.82. The summed E-state index contributed by atoms with van der Waals surface area (Å²) in [6.07, 6.45) is 20.0. The Hall–Kier alpha value is -0.590. The molecule has 0 saturated carbocycles. The van der Waals surface area contributed by atoms with E-state index in [4.69, 9.17) is 0 Å². The number of allylic oxidation sites excluding steroid dienone is 1. The third-order valence-electron chi connectivity index (χ3n) is 3.82. The number of hydrogen-bond donors (Lipinski definition) is 0. The molecule has 0 spiro atoms. The van der Waals surface area contributed by atoms with Gasteiger partial charge >= 0.3 is 0 Å². The Labute approximate surface area is 107 Å². The summed E-state index contributed by atoms with van der Waals surface area (Å²) in [5, 5.41) is 0. The fourth-order valence-corrected chi connectivity index (χ4v) is 2.61. The average Bonchev–Trinajstić information content (AvgIpc) is 2.80. The van der Waals surface area contributed by atoms with Crippen LogP contribution < -0.4 is 0 Å². The van der Waals surface area contributed by atoms with Crippen LogP contribution in [0.25, 0.3) is 0 Å². The Balaban J connectivity index is 2.25. The Bertz CT molecular complexity index is 214. The first-order chi connectivity index (χ1) is 8.33. The van der Waals surface area contributed by atoms with Gasteiger partial charge in [0.25, 0.3) is 0 Å². The largest absolute Gasteiger partial charge is 0.268 e. The van der Waals surface area contributed by atoms with Crippen molar-refractivity contribution in [2.45, 2.75) is 78.1 Å². The zero-order valence-corrected chi connectivity index (χ0v) is 11.8. The predicted molar refractivity (Wildman–Crippen MR) is 77.6 cm³/mol. The molecule has 1 nitrogen and oxygen atoms in total. The molecule has 0 fully saturated rings. The molecule has 17 heavy (non-hydrogen) atoms. The molecular formula is C16H29N. The van der Waals surface area contributed by atoms with Crippen LogP contribution in [-0.2, 0) is 0 Å². The van der Waals surface area contributed by atoms with Crippen LogP contribution in [0.3, 0.4) is 0 Å². The zero-order valence-electron chi connectivity index (χ0n) is 11.8. The van der Waals surface area contributed by atoms with Gasteiger partial charge in [-0.3, -0.25) is 4.99 Å². The maximum Gasteiger partial charge on any atom is 0.0253 e. The van der Waals surface area contributed by atoms with Gasteiger partial charge in [-0.25, -0.2) is 0 Å². The summed E-state index contributed by atoms with van der Waals surface area (Å²) in [5.74, 6) is 0. The molecule has 0 saturated heterocycles. The van der Waals surface area contributed by atoms with E-state index in [1.165, 1.54) is 64.2 Å². The van der Waals surface area contributed by atoms with Crippen LogP contribution in [0.5, 0.6) is 0 Å². The highest BCUT2D eigenvalue weighted by Crippen LogP contribution is 2.34. The molecule has 0 bridgehead atoms. The van der Waals surface area contributed by atoms with Crippen LogP contribution in [-0.4, -0.2) is 6.21 Å². The molecule has 0 atom stereocenters. The highest BCUT2D eigenvalue weighted by atomic mass is 14.7. The summed E-state index contributed by atoms with van der Waals surface area (Å²) in [6, 6.07) is 0. The average molecular weight is 235 g/mol. The first kappa shape index (κ1) is 14.5. The highest BCUT2D eigenvalue weighted by molar-refractivity contribution is 5.72. The summed E-state index contributed by atoms with van der Waals surface area (Å²) >= 11 is 0. The van der Waals surface area contributed by atoms with Crippen LogP contribution in [0.4, 0.5) is 0 Å². The zero-order chi connectivity index (χ0) is 12.4. The predicted octanol–water partition coefficient (Wildman–Crippen LogP) is 5.51. The van der Waals surface area contributed by atoms with E-state index < -0.39 is 0 Å². The van der Waals surface area contributed by atoms with Crippen LogP contribution in [0.15, 0.2) is 17.3 Å². The van der Waals surface area contributed by atoms with Crippen molar-refractivity contribution in [2.75, 3.05) is 0 Å². The van der Waals surface area contributed by atoms with Gasteiger partial charge in [0.1, 0.15) is 0 Å². The van der Waals surface area contributed by atoms with E-state index in [0.717, 1.165) is 0 Å². The van der Waals surface area contributed by atoms with Gasteiger partial charge in [0.2, 0.25) is 0 Å². The van der Waals surface area contributed by atoms with Crippen LogP contribution in [0.2, 0.25) is 0 Å². The molecule has 1 heterocycles. The number of rotatable bonds is 10. The standard InChI is InChI=1S/C16H29N/c1-3-5-7-9-11-16(13-14-17-15-16)12-10-8-6-4-2/h13-15H,3-12H2,1-2H3. The summed E-state index contributed by atoms with van der Waals surface area (Å²) in [5.41, 5.74) is 0.321. The summed E-state index contributed by atoms with van der Waals surface area (Å²) in [4.78, 5) is 4.33. The van der Waals surface area contributed by atoms with Crippen molar-refractivity contribution in [3.63, 3.8) is 0 Å². The second-order valence-corrected chi connectivity index (χ2v) is 5.45. The van der Waals surface area contributed by atoms with E-state index in [1.54, 1.807) is 0 Å². The Kier molecular flexibility index (Phi) is 7.23. The van der Waals surface area contributed by atoms with Crippen molar-refractivity contribution in [2.24, 2.45) is 10.4 Å². The van der Waals surface area contributed by atoms with Crippen molar-refractivity contribution >= 4 is 6.21 Å². The van der Waals surface area contributed by atoms with E-state index >= 15 is 0 Å². The lowest BCUT2D eigenvalue weighted by Crippen LogP contribution is -2.17. The summed E-state index contributed by atoms with van der Waals surface area (Å²) in [6.45, 7) is 4.55. The lowest BCUT2D eigenvalue weighted by atomic mass is 9.80. The molecule has 1 rings (SSSR count). The Morgan fingerprint density at radius 1 is 0.824 bits per heavy atom. The molecule has 0 aliphatic carbocycles. The van der Waals surface area contributed by atoms with E-state index in [9.17, 15) is 0 Å². The minimum Gasteiger partial charge on any atom is -0.268 e. The highest BCUT2D eigenvalue weighted by Gasteiger charge is 2.26. The van der Waals surface area contributed by atoms with Gasteiger partial charge in [0, 0.05) is 17.8 Å². The van der Waals surface area contributed by atoms with E-state index in [2.05, 4.69) is 31.1 Å². The summed E-state index contributed by atoms with van der Waals surface area (Å²) in [7, 11) is 0. The smallest absolute Gasteiger partial charge is 0.0253 e. The minimum atomic E-state index is 0.321. The van der Waals surface area contributed by atoms with Crippen LogP contribution in [0, 0.1) is 5.41 Å². The molecule has 1 heteroatoms. The minimum absolute atomic E-state index is 0.321. The lowest BCUT2D eigenvalue weighted by Gasteiger charge is -2.24. The van der Waals surface area contributed by atoms with Crippen LogP contribution >= 0.6 is 0 Å². The fraction of sp³-hybridized carbons (Fsp3) is 0.812. The van der Waals surface area contributed by atoms with Crippen molar-refractivity contribution in [1.29, 1.82) is 0 Å². The number of aliphatic imine (C=N–C) groups is 1. The fourth-order valence-electron chi connectivity index (χ4n) is 2.61. The monoisotopic (exact) mass is 235 g/mol. The first-order valence-corrected chi connectivity index (χ1v) is 7.55. The number of hydrogen-bond acceptors (Lipinski definition) is 1. The van der Waals surface area contributed by atoms with Gasteiger partial charge in [-0.15, -0.1) is 0 Å². The van der Waals surface area contributed by atoms with Crippen molar-refractivity contribution < 1.29 is 0 Å². The molecule has 0 N–H and O–H groups in total. The molecule has 98 valence electrons. The van der Waals surface area contributed by atoms with Crippen molar-refractivity contribution in [3.05, 3.63) is 12.3 Å². The van der Waals surface area contributed by atoms with E-state index in [1.807, 2.05) is 6.20 Å². The van der Waals surface area contributed by atoms with Crippen LogP contribution in [0.1, 0.15) is 78.1 Å². The lowest BCUT2D eigenvalue weighted by molar-refractivity contribution is 0.412. The maximum atomic E-state index is 4.33. The number of nitrogens with zero attached hydrogens (tertiary/aromatic N) is 1. The molecule has 1 aliphatic rings. The van der Waals surface area contributed by atoms with Gasteiger partial charge < -0.3 is 0 Å². The van der Waals surface area contributed by atoms with Crippen molar-refractivity contribution in [1.82, 2.24) is 0 Å². The second-order valence-electron chi connectivity index (χ2n) is 5.45. The number of unbranched alkanes of at least 4 members (excludes halogenated alkanes) is 6. The van der Waals surface area contributed by atoms with Gasteiger partial charge in [-0.05, 0) is 12.8 Å². The normalized spacial score (nSPS) is 16.8. The Morgan fingerprint density at radius 3 is 1.82 bits per heavy atom. The molecule has 0 aromatic rings. The van der Waals surface area contributed by atoms with E-state index in [-0.39, 0.29) is 0 Å². The topological polar surface area (TPSA) is 12.4 Å². The molecule has 0 unspecified atom stereocenters. The van der Waals surface area contributed by atoms with Gasteiger partial charge in [-0.2, -0.15) is 0 Å². The molecule has 0 radical (unpaired) electrons. The quantitative estimate of drug-likeness (QED) is 0.443. The molecule has 1 aliphatic heterocycles. The van der Waals surface area contributed by atoms with Gasteiger partial charge in [0.15, 0.2) is 0 Å².